The largest absolute Gasteiger partial charge is 0.370 e. The molecule has 3 heterocycles. The number of carbonyl (C=O) groups is 1. The first kappa shape index (κ1) is 17.2. The van der Waals surface area contributed by atoms with Crippen molar-refractivity contribution in [1.29, 1.82) is 0 Å². The molecule has 7 heteroatoms. The van der Waals surface area contributed by atoms with Crippen LogP contribution < -0.4 is 10.9 Å². The van der Waals surface area contributed by atoms with Crippen molar-refractivity contribution in [3.8, 4) is 0 Å². The maximum atomic E-state index is 12.3. The molecule has 0 fully saturated rings. The maximum Gasteiger partial charge on any atom is 0.260 e. The smallest absolute Gasteiger partial charge is 0.260 e. The second-order valence-corrected chi connectivity index (χ2v) is 6.46. The molecule has 4 rings (SSSR count). The molecule has 0 radical (unpaired) electrons. The van der Waals surface area contributed by atoms with Crippen molar-refractivity contribution < 1.29 is 9.53 Å². The van der Waals surface area contributed by atoms with Crippen LogP contribution in [0.2, 0.25) is 0 Å². The molecule has 0 saturated heterocycles. The van der Waals surface area contributed by atoms with Crippen LogP contribution in [0.4, 0.5) is 0 Å². The van der Waals surface area contributed by atoms with Gasteiger partial charge >= 0.3 is 0 Å². The summed E-state index contributed by atoms with van der Waals surface area (Å²) in [7, 11) is 0. The van der Waals surface area contributed by atoms with Crippen LogP contribution >= 0.6 is 0 Å². The summed E-state index contributed by atoms with van der Waals surface area (Å²) in [6.45, 7) is 1.53. The molecule has 27 heavy (non-hydrogen) atoms. The Morgan fingerprint density at radius 2 is 2.11 bits per heavy atom. The van der Waals surface area contributed by atoms with Gasteiger partial charge in [0.25, 0.3) is 11.5 Å². The number of nitrogens with zero attached hydrogens (tertiary/aromatic N) is 2. The van der Waals surface area contributed by atoms with Crippen LogP contribution in [-0.2, 0) is 17.7 Å². The van der Waals surface area contributed by atoms with E-state index >= 15 is 0 Å². The van der Waals surface area contributed by atoms with E-state index in [4.69, 9.17) is 4.74 Å². The fraction of sp³-hybridized carbons (Fsp3) is 0.250. The molecule has 0 saturated carbocycles. The summed E-state index contributed by atoms with van der Waals surface area (Å²) in [6.07, 6.45) is 4.02. The number of rotatable bonds is 5. The molecule has 1 unspecified atom stereocenters. The fourth-order valence-corrected chi connectivity index (χ4v) is 3.22. The summed E-state index contributed by atoms with van der Waals surface area (Å²) in [5.41, 5.74) is 2.83. The third kappa shape index (κ3) is 3.83. The Bertz CT molecular complexity index is 994. The van der Waals surface area contributed by atoms with Crippen molar-refractivity contribution in [2.45, 2.75) is 19.1 Å². The first-order valence-corrected chi connectivity index (χ1v) is 8.88. The highest BCUT2D eigenvalue weighted by Crippen LogP contribution is 2.25. The number of benzene rings is 1. The van der Waals surface area contributed by atoms with Gasteiger partial charge in [0, 0.05) is 18.9 Å². The Kier molecular flexibility index (Phi) is 4.84. The molecule has 0 bridgehead atoms. The van der Waals surface area contributed by atoms with Crippen LogP contribution in [0.5, 0.6) is 0 Å². The number of H-pyrrole nitrogens is 1. The summed E-state index contributed by atoms with van der Waals surface area (Å²) in [6, 6.07) is 13.2. The second-order valence-electron chi connectivity index (χ2n) is 6.46. The van der Waals surface area contributed by atoms with Crippen LogP contribution in [0.25, 0.3) is 0 Å². The van der Waals surface area contributed by atoms with E-state index in [1.807, 2.05) is 29.1 Å². The number of hydrogen-bond donors (Lipinski definition) is 2. The highest BCUT2D eigenvalue weighted by atomic mass is 16.5. The molecule has 1 atom stereocenters. The van der Waals surface area contributed by atoms with Gasteiger partial charge in [-0.05, 0) is 29.7 Å². The lowest BCUT2D eigenvalue weighted by Gasteiger charge is -2.22. The average molecular weight is 364 g/mol. The third-order valence-corrected chi connectivity index (χ3v) is 4.56. The van der Waals surface area contributed by atoms with Gasteiger partial charge in [0.15, 0.2) is 0 Å². The number of nitrogens with one attached hydrogen (secondary N) is 2. The molecule has 3 aromatic rings. The lowest BCUT2D eigenvalue weighted by molar-refractivity contribution is 0.0383. The highest BCUT2D eigenvalue weighted by Gasteiger charge is 2.25. The Hall–Kier alpha value is -3.19. The minimum atomic E-state index is -0.420. The van der Waals surface area contributed by atoms with Crippen molar-refractivity contribution in [2.24, 2.45) is 0 Å². The zero-order valence-electron chi connectivity index (χ0n) is 14.7. The average Bonchev–Trinajstić information content (AvgIpc) is 3.10. The van der Waals surface area contributed by atoms with E-state index in [9.17, 15) is 9.59 Å². The Balaban J connectivity index is 1.46. The number of pyridine rings is 1. The van der Waals surface area contributed by atoms with Crippen LogP contribution in [-0.4, -0.2) is 33.8 Å². The van der Waals surface area contributed by atoms with Crippen LogP contribution in [0.1, 0.15) is 33.3 Å². The summed E-state index contributed by atoms with van der Waals surface area (Å²) in [5.74, 6) is -0.420. The number of aromatic amines is 1. The molecule has 0 spiro atoms. The van der Waals surface area contributed by atoms with Crippen LogP contribution in [0.15, 0.2) is 59.7 Å². The molecule has 2 N–H and O–H groups in total. The fourth-order valence-electron chi connectivity index (χ4n) is 3.22. The van der Waals surface area contributed by atoms with Gasteiger partial charge in [-0.15, -0.1) is 0 Å². The van der Waals surface area contributed by atoms with Crippen molar-refractivity contribution in [3.05, 3.63) is 87.6 Å². The summed E-state index contributed by atoms with van der Waals surface area (Å²) in [5, 5.41) is 7.44. The standard InChI is InChI=1S/C20H20N4O3/c25-19-16(7-4-9-21-19)20(26)22-11-17-18-15(8-10-27-17)13-24(23-18)12-14-5-2-1-3-6-14/h1-7,9,13,17H,8,10-12H2,(H,21,25)(H,22,26). The van der Waals surface area contributed by atoms with E-state index in [1.165, 1.54) is 17.8 Å². The van der Waals surface area contributed by atoms with E-state index in [0.29, 0.717) is 13.2 Å². The zero-order valence-corrected chi connectivity index (χ0v) is 14.7. The van der Waals surface area contributed by atoms with Crippen LogP contribution in [0, 0.1) is 0 Å². The number of carbonyl (C=O) groups excluding carboxylic acids is 1. The minimum Gasteiger partial charge on any atom is -0.370 e. The van der Waals surface area contributed by atoms with Gasteiger partial charge in [0.1, 0.15) is 11.7 Å². The van der Waals surface area contributed by atoms with Crippen molar-refractivity contribution >= 4 is 5.91 Å². The molecular weight excluding hydrogens is 344 g/mol. The minimum absolute atomic E-state index is 0.0862. The molecule has 1 aliphatic heterocycles. The summed E-state index contributed by atoms with van der Waals surface area (Å²) < 4.78 is 7.72. The molecule has 7 nitrogen and oxygen atoms in total. The number of fused-ring (bicyclic) bond motifs is 1. The number of aromatic nitrogens is 3. The topological polar surface area (TPSA) is 89.0 Å². The van der Waals surface area contributed by atoms with Gasteiger partial charge in [0.05, 0.1) is 18.8 Å². The van der Waals surface area contributed by atoms with Crippen LogP contribution in [0.3, 0.4) is 0 Å². The molecule has 0 aliphatic carbocycles. The monoisotopic (exact) mass is 364 g/mol. The number of ether oxygens (including phenoxy) is 1. The SMILES string of the molecule is O=C(NCC1OCCc2cn(Cc3ccccc3)nc21)c1ccc[nH]c1=O. The summed E-state index contributed by atoms with van der Waals surface area (Å²) >= 11 is 0. The molecule has 138 valence electrons. The summed E-state index contributed by atoms with van der Waals surface area (Å²) in [4.78, 5) is 26.5. The first-order valence-electron chi connectivity index (χ1n) is 8.88. The maximum absolute atomic E-state index is 12.3. The van der Waals surface area contributed by atoms with E-state index in [2.05, 4.69) is 27.5 Å². The van der Waals surface area contributed by atoms with E-state index in [0.717, 1.165) is 17.7 Å². The molecule has 1 amide bonds. The van der Waals surface area contributed by atoms with E-state index < -0.39 is 11.5 Å². The van der Waals surface area contributed by atoms with Gasteiger partial charge in [-0.25, -0.2) is 0 Å². The van der Waals surface area contributed by atoms with Gasteiger partial charge < -0.3 is 15.0 Å². The first-order chi connectivity index (χ1) is 13.2. The second kappa shape index (κ2) is 7.59. The van der Waals surface area contributed by atoms with Gasteiger partial charge in [-0.3, -0.25) is 14.3 Å². The van der Waals surface area contributed by atoms with Crippen molar-refractivity contribution in [1.82, 2.24) is 20.1 Å². The Labute approximate surface area is 156 Å². The molecule has 1 aliphatic rings. The molecular formula is C20H20N4O3. The zero-order chi connectivity index (χ0) is 18.6. The predicted molar refractivity (Wildman–Crippen MR) is 99.6 cm³/mol. The molecule has 1 aromatic carbocycles. The Morgan fingerprint density at radius 3 is 2.93 bits per heavy atom. The number of hydrogen-bond acceptors (Lipinski definition) is 4. The van der Waals surface area contributed by atoms with Gasteiger partial charge in [-0.2, -0.15) is 5.10 Å². The quantitative estimate of drug-likeness (QED) is 0.721. The van der Waals surface area contributed by atoms with E-state index in [-0.39, 0.29) is 18.2 Å². The normalized spacial score (nSPS) is 15.9. The van der Waals surface area contributed by atoms with Crippen molar-refractivity contribution in [2.75, 3.05) is 13.2 Å². The van der Waals surface area contributed by atoms with Gasteiger partial charge in [-0.1, -0.05) is 30.3 Å². The lowest BCUT2D eigenvalue weighted by atomic mass is 10.1. The molecule has 2 aromatic heterocycles. The number of amides is 1. The predicted octanol–water partition coefficient (Wildman–Crippen LogP) is 1.66. The third-order valence-electron chi connectivity index (χ3n) is 4.56. The Morgan fingerprint density at radius 1 is 1.26 bits per heavy atom. The van der Waals surface area contributed by atoms with Crippen molar-refractivity contribution in [3.63, 3.8) is 0 Å². The van der Waals surface area contributed by atoms with E-state index in [1.54, 1.807) is 6.07 Å². The highest BCUT2D eigenvalue weighted by molar-refractivity contribution is 5.93. The lowest BCUT2D eigenvalue weighted by Crippen LogP contribution is -2.34. The van der Waals surface area contributed by atoms with Gasteiger partial charge in [0.2, 0.25) is 0 Å².